The number of nitrogens with one attached hydrogen (secondary N) is 1. The molecular formula is C11H17ClN4. The van der Waals surface area contributed by atoms with Crippen LogP contribution in [-0.4, -0.2) is 23.1 Å². The van der Waals surface area contributed by atoms with Crippen LogP contribution >= 0.6 is 11.6 Å². The molecule has 4 nitrogen and oxygen atoms in total. The predicted molar refractivity (Wildman–Crippen MR) is 65.4 cm³/mol. The molecule has 0 amide bonds. The van der Waals surface area contributed by atoms with Gasteiger partial charge in [-0.05, 0) is 31.2 Å². The van der Waals surface area contributed by atoms with Gasteiger partial charge in [-0.25, -0.2) is 9.97 Å². The van der Waals surface area contributed by atoms with Gasteiger partial charge in [0.05, 0.1) is 17.4 Å². The van der Waals surface area contributed by atoms with Crippen molar-refractivity contribution >= 4 is 17.5 Å². The minimum atomic E-state index is 0.561. The molecule has 0 bridgehead atoms. The molecule has 2 unspecified atom stereocenters. The van der Waals surface area contributed by atoms with E-state index in [0.29, 0.717) is 22.8 Å². The number of hydrogen-bond donors (Lipinski definition) is 2. The Kier molecular flexibility index (Phi) is 3.96. The topological polar surface area (TPSA) is 63.8 Å². The first kappa shape index (κ1) is 11.6. The molecule has 0 aromatic carbocycles. The highest BCUT2D eigenvalue weighted by molar-refractivity contribution is 6.30. The van der Waals surface area contributed by atoms with E-state index in [1.165, 1.54) is 19.3 Å². The molecule has 0 saturated heterocycles. The molecule has 1 aliphatic carbocycles. The van der Waals surface area contributed by atoms with Crippen LogP contribution in [-0.2, 0) is 0 Å². The molecule has 1 heterocycles. The Bertz CT molecular complexity index is 327. The number of halogens is 1. The highest BCUT2D eigenvalue weighted by atomic mass is 35.5. The maximum Gasteiger partial charge on any atom is 0.222 e. The fourth-order valence-electron chi connectivity index (χ4n) is 2.32. The first-order valence-electron chi connectivity index (χ1n) is 5.71. The molecular weight excluding hydrogens is 224 g/mol. The maximum atomic E-state index is 5.74. The summed E-state index contributed by atoms with van der Waals surface area (Å²) in [6.45, 7) is 1.69. The van der Waals surface area contributed by atoms with Crippen molar-refractivity contribution in [1.82, 2.24) is 9.97 Å². The molecule has 1 aromatic heterocycles. The molecule has 16 heavy (non-hydrogen) atoms. The summed E-state index contributed by atoms with van der Waals surface area (Å²) in [6, 6.07) is 0. The van der Waals surface area contributed by atoms with Gasteiger partial charge in [-0.1, -0.05) is 18.0 Å². The van der Waals surface area contributed by atoms with Crippen LogP contribution in [0.1, 0.15) is 19.3 Å². The summed E-state index contributed by atoms with van der Waals surface area (Å²) in [7, 11) is 0. The van der Waals surface area contributed by atoms with E-state index in [-0.39, 0.29) is 0 Å². The first-order chi connectivity index (χ1) is 7.79. The van der Waals surface area contributed by atoms with Gasteiger partial charge in [0, 0.05) is 6.54 Å². The van der Waals surface area contributed by atoms with Gasteiger partial charge in [-0.3, -0.25) is 0 Å². The fourth-order valence-corrected chi connectivity index (χ4v) is 2.42. The standard InChI is InChI=1S/C11H17ClN4/c12-10-6-15-11(16-7-10)14-5-9-3-1-2-8(9)4-13/h6-9H,1-5,13H2,(H,14,15,16). The van der Waals surface area contributed by atoms with Gasteiger partial charge in [0.15, 0.2) is 0 Å². The van der Waals surface area contributed by atoms with Crippen molar-refractivity contribution in [3.8, 4) is 0 Å². The van der Waals surface area contributed by atoms with Crippen LogP contribution in [0.3, 0.4) is 0 Å². The second kappa shape index (κ2) is 5.46. The number of aromatic nitrogens is 2. The summed E-state index contributed by atoms with van der Waals surface area (Å²) in [5.41, 5.74) is 5.74. The van der Waals surface area contributed by atoms with Crippen LogP contribution in [0.15, 0.2) is 12.4 Å². The van der Waals surface area contributed by atoms with Crippen molar-refractivity contribution in [2.75, 3.05) is 18.4 Å². The second-order valence-corrected chi connectivity index (χ2v) is 4.73. The zero-order chi connectivity index (χ0) is 11.4. The SMILES string of the molecule is NCC1CCCC1CNc1ncc(Cl)cn1. The number of nitrogens with two attached hydrogens (primary N) is 1. The van der Waals surface area contributed by atoms with E-state index in [1.807, 2.05) is 0 Å². The Morgan fingerprint density at radius 1 is 1.31 bits per heavy atom. The average Bonchev–Trinajstić information content (AvgIpc) is 2.76. The lowest BCUT2D eigenvalue weighted by atomic mass is 9.96. The Labute approximate surface area is 101 Å². The normalized spacial score (nSPS) is 24.6. The molecule has 0 spiro atoms. The Morgan fingerprint density at radius 2 is 2.00 bits per heavy atom. The zero-order valence-electron chi connectivity index (χ0n) is 9.19. The van der Waals surface area contributed by atoms with Crippen LogP contribution in [0, 0.1) is 11.8 Å². The molecule has 3 N–H and O–H groups in total. The Hall–Kier alpha value is -0.870. The maximum absolute atomic E-state index is 5.74. The van der Waals surface area contributed by atoms with E-state index < -0.39 is 0 Å². The number of hydrogen-bond acceptors (Lipinski definition) is 4. The van der Waals surface area contributed by atoms with Crippen molar-refractivity contribution in [2.45, 2.75) is 19.3 Å². The first-order valence-corrected chi connectivity index (χ1v) is 6.09. The van der Waals surface area contributed by atoms with E-state index in [4.69, 9.17) is 17.3 Å². The average molecular weight is 241 g/mol. The Balaban J connectivity index is 1.85. The van der Waals surface area contributed by atoms with Crippen LogP contribution < -0.4 is 11.1 Å². The van der Waals surface area contributed by atoms with Crippen molar-refractivity contribution < 1.29 is 0 Å². The van der Waals surface area contributed by atoms with Crippen molar-refractivity contribution in [2.24, 2.45) is 17.6 Å². The molecule has 1 fully saturated rings. The summed E-state index contributed by atoms with van der Waals surface area (Å²) >= 11 is 5.72. The zero-order valence-corrected chi connectivity index (χ0v) is 9.95. The fraction of sp³-hybridized carbons (Fsp3) is 0.636. The third kappa shape index (κ3) is 2.83. The van der Waals surface area contributed by atoms with Crippen LogP contribution in [0.4, 0.5) is 5.95 Å². The molecule has 0 aliphatic heterocycles. The summed E-state index contributed by atoms with van der Waals surface area (Å²) in [4.78, 5) is 8.21. The summed E-state index contributed by atoms with van der Waals surface area (Å²) in [5, 5.41) is 3.80. The molecule has 5 heteroatoms. The molecule has 1 aliphatic rings. The quantitative estimate of drug-likeness (QED) is 0.844. The highest BCUT2D eigenvalue weighted by Crippen LogP contribution is 2.30. The largest absolute Gasteiger partial charge is 0.354 e. The van der Waals surface area contributed by atoms with E-state index in [9.17, 15) is 0 Å². The highest BCUT2D eigenvalue weighted by Gasteiger charge is 2.25. The second-order valence-electron chi connectivity index (χ2n) is 4.29. The van der Waals surface area contributed by atoms with Gasteiger partial charge < -0.3 is 11.1 Å². The lowest BCUT2D eigenvalue weighted by Crippen LogP contribution is -2.24. The number of nitrogens with zero attached hydrogens (tertiary/aromatic N) is 2. The van der Waals surface area contributed by atoms with Crippen LogP contribution in [0.5, 0.6) is 0 Å². The minimum absolute atomic E-state index is 0.561. The van der Waals surface area contributed by atoms with Crippen LogP contribution in [0.2, 0.25) is 5.02 Å². The van der Waals surface area contributed by atoms with E-state index in [1.54, 1.807) is 12.4 Å². The molecule has 0 radical (unpaired) electrons. The summed E-state index contributed by atoms with van der Waals surface area (Å²) in [5.74, 6) is 1.95. The molecule has 1 aromatic rings. The van der Waals surface area contributed by atoms with Gasteiger partial charge in [-0.2, -0.15) is 0 Å². The monoisotopic (exact) mass is 240 g/mol. The third-order valence-corrected chi connectivity index (χ3v) is 3.46. The van der Waals surface area contributed by atoms with Gasteiger partial charge in [0.1, 0.15) is 0 Å². The molecule has 2 rings (SSSR count). The number of rotatable bonds is 4. The van der Waals surface area contributed by atoms with E-state index in [2.05, 4.69) is 15.3 Å². The Morgan fingerprint density at radius 3 is 2.69 bits per heavy atom. The van der Waals surface area contributed by atoms with E-state index in [0.717, 1.165) is 13.1 Å². The van der Waals surface area contributed by atoms with E-state index >= 15 is 0 Å². The van der Waals surface area contributed by atoms with Crippen LogP contribution in [0.25, 0.3) is 0 Å². The van der Waals surface area contributed by atoms with Gasteiger partial charge in [0.2, 0.25) is 5.95 Å². The minimum Gasteiger partial charge on any atom is -0.354 e. The predicted octanol–water partition coefficient (Wildman–Crippen LogP) is 1.92. The summed E-state index contributed by atoms with van der Waals surface area (Å²) < 4.78 is 0. The van der Waals surface area contributed by atoms with Crippen molar-refractivity contribution in [3.05, 3.63) is 17.4 Å². The van der Waals surface area contributed by atoms with Gasteiger partial charge in [-0.15, -0.1) is 0 Å². The van der Waals surface area contributed by atoms with Gasteiger partial charge in [0.25, 0.3) is 0 Å². The number of anilines is 1. The summed E-state index contributed by atoms with van der Waals surface area (Å²) in [6.07, 6.45) is 7.00. The van der Waals surface area contributed by atoms with Crippen molar-refractivity contribution in [3.63, 3.8) is 0 Å². The lowest BCUT2D eigenvalue weighted by Gasteiger charge is -2.17. The third-order valence-electron chi connectivity index (χ3n) is 3.26. The molecule has 1 saturated carbocycles. The smallest absolute Gasteiger partial charge is 0.222 e. The van der Waals surface area contributed by atoms with Crippen molar-refractivity contribution in [1.29, 1.82) is 0 Å². The van der Waals surface area contributed by atoms with Gasteiger partial charge >= 0.3 is 0 Å². The molecule has 2 atom stereocenters. The lowest BCUT2D eigenvalue weighted by molar-refractivity contribution is 0.414. The molecule has 88 valence electrons.